The summed E-state index contributed by atoms with van der Waals surface area (Å²) in [6.45, 7) is 0.504. The number of nitrogens with one attached hydrogen (secondary N) is 2. The molecule has 0 radical (unpaired) electrons. The number of amides is 1. The molecule has 1 fully saturated rings. The fourth-order valence-corrected chi connectivity index (χ4v) is 4.15. The number of hydrogen-bond acceptors (Lipinski definition) is 4. The minimum absolute atomic E-state index is 0.100. The predicted octanol–water partition coefficient (Wildman–Crippen LogP) is 0.555. The second-order valence-electron chi connectivity index (χ2n) is 6.87. The smallest absolute Gasteiger partial charge is 0.250 e. The van der Waals surface area contributed by atoms with Gasteiger partial charge in [0.1, 0.15) is 5.82 Å². The maximum absolute atomic E-state index is 13.3. The van der Waals surface area contributed by atoms with Crippen molar-refractivity contribution in [1.82, 2.24) is 15.2 Å². The van der Waals surface area contributed by atoms with E-state index >= 15 is 0 Å². The Morgan fingerprint density at radius 2 is 2.12 bits per heavy atom. The standard InChI is InChI=1S/C19H20FN3O3/c20-12-4-1-3-11(7-12)8-21-19(26)17-13(10-24)14-9-23-15(18(17)22-14)5-2-6-16(23)25/h1-7,13-14,17-18,22,24H,8-10H2,(H,21,26)/t13-,14-,17+,18+/m0/s1. The number of pyridine rings is 1. The van der Waals surface area contributed by atoms with Crippen molar-refractivity contribution in [2.75, 3.05) is 6.61 Å². The summed E-state index contributed by atoms with van der Waals surface area (Å²) >= 11 is 0. The van der Waals surface area contributed by atoms with Crippen molar-refractivity contribution in [1.29, 1.82) is 0 Å². The molecule has 2 aliphatic rings. The van der Waals surface area contributed by atoms with E-state index in [1.807, 2.05) is 6.07 Å². The minimum Gasteiger partial charge on any atom is -0.396 e. The Hall–Kier alpha value is -2.51. The van der Waals surface area contributed by atoms with Crippen LogP contribution in [0.25, 0.3) is 0 Å². The third-order valence-electron chi connectivity index (χ3n) is 5.38. The number of benzene rings is 1. The van der Waals surface area contributed by atoms with Gasteiger partial charge in [-0.1, -0.05) is 18.2 Å². The van der Waals surface area contributed by atoms with Gasteiger partial charge in [0.25, 0.3) is 5.56 Å². The highest BCUT2D eigenvalue weighted by Crippen LogP contribution is 2.40. The van der Waals surface area contributed by atoms with Crippen LogP contribution >= 0.6 is 0 Å². The number of fused-ring (bicyclic) bond motifs is 4. The molecule has 2 aromatic rings. The van der Waals surface area contributed by atoms with E-state index < -0.39 is 5.92 Å². The quantitative estimate of drug-likeness (QED) is 0.747. The molecule has 0 aliphatic carbocycles. The van der Waals surface area contributed by atoms with Crippen LogP contribution in [0.2, 0.25) is 0 Å². The van der Waals surface area contributed by atoms with Crippen LogP contribution in [0.1, 0.15) is 17.3 Å². The van der Waals surface area contributed by atoms with Crippen molar-refractivity contribution in [2.45, 2.75) is 25.2 Å². The lowest BCUT2D eigenvalue weighted by atomic mass is 9.86. The van der Waals surface area contributed by atoms with Crippen molar-refractivity contribution in [3.05, 3.63) is 69.9 Å². The fourth-order valence-electron chi connectivity index (χ4n) is 4.15. The monoisotopic (exact) mass is 357 g/mol. The summed E-state index contributed by atoms with van der Waals surface area (Å²) in [4.78, 5) is 25.0. The zero-order valence-electron chi connectivity index (χ0n) is 14.1. The molecule has 7 heteroatoms. The number of halogens is 1. The van der Waals surface area contributed by atoms with Crippen molar-refractivity contribution in [3.63, 3.8) is 0 Å². The summed E-state index contributed by atoms with van der Waals surface area (Å²) in [6, 6.07) is 10.6. The minimum atomic E-state index is -0.492. The molecule has 26 heavy (non-hydrogen) atoms. The molecule has 2 aliphatic heterocycles. The molecule has 0 spiro atoms. The molecular formula is C19H20FN3O3. The molecule has 3 N–H and O–H groups in total. The Morgan fingerprint density at radius 3 is 2.88 bits per heavy atom. The zero-order chi connectivity index (χ0) is 18.3. The Morgan fingerprint density at radius 1 is 1.31 bits per heavy atom. The first-order chi connectivity index (χ1) is 12.6. The van der Waals surface area contributed by atoms with E-state index in [-0.39, 0.29) is 48.4 Å². The van der Waals surface area contributed by atoms with Crippen LogP contribution in [0.3, 0.4) is 0 Å². The van der Waals surface area contributed by atoms with Crippen molar-refractivity contribution >= 4 is 5.91 Å². The van der Waals surface area contributed by atoms with Crippen LogP contribution in [0, 0.1) is 17.7 Å². The van der Waals surface area contributed by atoms with E-state index in [9.17, 15) is 19.1 Å². The number of hydrogen-bond donors (Lipinski definition) is 3. The summed E-state index contributed by atoms with van der Waals surface area (Å²) in [6.07, 6.45) is 0. The third-order valence-corrected chi connectivity index (χ3v) is 5.38. The van der Waals surface area contributed by atoms with E-state index in [0.717, 1.165) is 5.69 Å². The van der Waals surface area contributed by atoms with E-state index in [1.165, 1.54) is 18.2 Å². The first-order valence-corrected chi connectivity index (χ1v) is 8.67. The van der Waals surface area contributed by atoms with Crippen LogP contribution < -0.4 is 16.2 Å². The molecule has 4 rings (SSSR count). The van der Waals surface area contributed by atoms with Gasteiger partial charge in [-0.15, -0.1) is 0 Å². The van der Waals surface area contributed by atoms with Crippen molar-refractivity contribution in [2.24, 2.45) is 11.8 Å². The van der Waals surface area contributed by atoms with Crippen molar-refractivity contribution < 1.29 is 14.3 Å². The summed E-state index contributed by atoms with van der Waals surface area (Å²) in [7, 11) is 0. The normalized spacial score (nSPS) is 26.4. The first-order valence-electron chi connectivity index (χ1n) is 8.67. The highest BCUT2D eigenvalue weighted by atomic mass is 19.1. The Balaban J connectivity index is 1.58. The molecule has 136 valence electrons. The highest BCUT2D eigenvalue weighted by Gasteiger charge is 2.50. The lowest BCUT2D eigenvalue weighted by Gasteiger charge is -2.27. The number of carbonyl (C=O) groups is 1. The molecule has 1 aromatic carbocycles. The molecule has 2 bridgehead atoms. The van der Waals surface area contributed by atoms with Gasteiger partial charge in [0, 0.05) is 43.4 Å². The highest BCUT2D eigenvalue weighted by molar-refractivity contribution is 5.80. The van der Waals surface area contributed by atoms with Gasteiger partial charge in [-0.05, 0) is 23.8 Å². The largest absolute Gasteiger partial charge is 0.396 e. The van der Waals surface area contributed by atoms with E-state index in [1.54, 1.807) is 22.8 Å². The van der Waals surface area contributed by atoms with Crippen LogP contribution in [-0.4, -0.2) is 28.2 Å². The molecule has 6 nitrogen and oxygen atoms in total. The lowest BCUT2D eigenvalue weighted by molar-refractivity contribution is -0.127. The average molecular weight is 357 g/mol. The maximum Gasteiger partial charge on any atom is 0.250 e. The molecule has 0 unspecified atom stereocenters. The molecule has 3 heterocycles. The van der Waals surface area contributed by atoms with E-state index in [0.29, 0.717) is 12.1 Å². The Labute approximate surface area is 149 Å². The second-order valence-corrected chi connectivity index (χ2v) is 6.87. The second kappa shape index (κ2) is 6.66. The van der Waals surface area contributed by atoms with Crippen LogP contribution in [-0.2, 0) is 17.9 Å². The molecule has 4 atom stereocenters. The molecule has 0 saturated carbocycles. The summed E-state index contributed by atoms with van der Waals surface area (Å²) in [5, 5.41) is 16.1. The fraction of sp³-hybridized carbons (Fsp3) is 0.368. The Bertz CT molecular complexity index is 898. The number of rotatable bonds is 4. The Kier molecular flexibility index (Phi) is 4.34. The molecule has 1 aromatic heterocycles. The van der Waals surface area contributed by atoms with Gasteiger partial charge in [-0.2, -0.15) is 0 Å². The van der Waals surface area contributed by atoms with E-state index in [4.69, 9.17) is 0 Å². The first kappa shape index (κ1) is 16.9. The third kappa shape index (κ3) is 2.83. The van der Waals surface area contributed by atoms with Crippen LogP contribution in [0.15, 0.2) is 47.3 Å². The van der Waals surface area contributed by atoms with Gasteiger partial charge in [-0.3, -0.25) is 9.59 Å². The SMILES string of the molecule is O=C(NCc1cccc(F)c1)[C@@H]1[C@@H](CO)[C@@H]2Cn3c(cccc3=O)[C@H]1N2. The number of carbonyl (C=O) groups excluding carboxylic acids is 1. The predicted molar refractivity (Wildman–Crippen MR) is 92.7 cm³/mol. The molecule has 1 amide bonds. The van der Waals surface area contributed by atoms with Gasteiger partial charge in [0.2, 0.25) is 5.91 Å². The molecular weight excluding hydrogens is 337 g/mol. The summed E-state index contributed by atoms with van der Waals surface area (Å²) < 4.78 is 15.0. The van der Waals surface area contributed by atoms with Gasteiger partial charge < -0.3 is 20.3 Å². The summed E-state index contributed by atoms with van der Waals surface area (Å²) in [5.74, 6) is -1.34. The zero-order valence-corrected chi connectivity index (χ0v) is 14.1. The number of nitrogens with zero attached hydrogens (tertiary/aromatic N) is 1. The number of aromatic nitrogens is 1. The van der Waals surface area contributed by atoms with E-state index in [2.05, 4.69) is 10.6 Å². The van der Waals surface area contributed by atoms with Crippen LogP contribution in [0.5, 0.6) is 0 Å². The topological polar surface area (TPSA) is 83.4 Å². The van der Waals surface area contributed by atoms with Gasteiger partial charge in [0.05, 0.1) is 12.0 Å². The lowest BCUT2D eigenvalue weighted by Crippen LogP contribution is -2.43. The van der Waals surface area contributed by atoms with Crippen molar-refractivity contribution in [3.8, 4) is 0 Å². The number of aliphatic hydroxyl groups excluding tert-OH is 1. The molecule has 1 saturated heterocycles. The average Bonchev–Trinajstić information content (AvgIpc) is 2.93. The summed E-state index contributed by atoms with van der Waals surface area (Å²) in [5.41, 5.74) is 1.33. The van der Waals surface area contributed by atoms with Gasteiger partial charge in [-0.25, -0.2) is 4.39 Å². The van der Waals surface area contributed by atoms with Gasteiger partial charge in [0.15, 0.2) is 0 Å². The maximum atomic E-state index is 13.3. The van der Waals surface area contributed by atoms with Crippen LogP contribution in [0.4, 0.5) is 4.39 Å². The number of aliphatic hydroxyl groups is 1. The van der Waals surface area contributed by atoms with Gasteiger partial charge >= 0.3 is 0 Å².